The Morgan fingerprint density at radius 2 is 1.63 bits per heavy atom. The fraction of sp³-hybridized carbons (Fsp3) is 0.273. The third-order valence-electron chi connectivity index (χ3n) is 4.44. The molecule has 0 saturated carbocycles. The fourth-order valence-electron chi connectivity index (χ4n) is 3.28. The number of hydrogen-bond donors (Lipinski definition) is 1. The summed E-state index contributed by atoms with van der Waals surface area (Å²) in [6, 6.07) is 22.4. The fourth-order valence-corrected chi connectivity index (χ4v) is 3.69. The van der Waals surface area contributed by atoms with Crippen molar-refractivity contribution >= 4 is 26.7 Å². The SMILES string of the molecule is C[N+](C)(Cc1ccccc1Br)CC(O)COc1cccc2ccccc12.[Br-]. The summed E-state index contributed by atoms with van der Waals surface area (Å²) in [7, 11) is 4.25. The Morgan fingerprint density at radius 1 is 0.963 bits per heavy atom. The van der Waals surface area contributed by atoms with Crippen molar-refractivity contribution in [1.82, 2.24) is 0 Å². The normalized spacial score (nSPS) is 12.4. The summed E-state index contributed by atoms with van der Waals surface area (Å²) in [6.07, 6.45) is -0.536. The van der Waals surface area contributed by atoms with Crippen LogP contribution in [0.25, 0.3) is 10.8 Å². The molecule has 0 spiro atoms. The molecule has 3 rings (SSSR count). The zero-order chi connectivity index (χ0) is 18.6. The first-order chi connectivity index (χ1) is 12.4. The highest BCUT2D eigenvalue weighted by Crippen LogP contribution is 2.25. The van der Waals surface area contributed by atoms with Gasteiger partial charge in [0.05, 0.1) is 14.1 Å². The minimum absolute atomic E-state index is 0. The summed E-state index contributed by atoms with van der Waals surface area (Å²) in [4.78, 5) is 0. The van der Waals surface area contributed by atoms with Gasteiger partial charge in [-0.05, 0) is 17.5 Å². The Labute approximate surface area is 180 Å². The summed E-state index contributed by atoms with van der Waals surface area (Å²) in [5, 5.41) is 12.7. The van der Waals surface area contributed by atoms with E-state index in [4.69, 9.17) is 4.74 Å². The zero-order valence-corrected chi connectivity index (χ0v) is 18.8. The van der Waals surface area contributed by atoms with E-state index in [0.29, 0.717) is 11.0 Å². The van der Waals surface area contributed by atoms with Gasteiger partial charge in [-0.1, -0.05) is 70.5 Å². The van der Waals surface area contributed by atoms with E-state index in [9.17, 15) is 5.11 Å². The summed E-state index contributed by atoms with van der Waals surface area (Å²) in [5.41, 5.74) is 1.24. The molecule has 1 unspecified atom stereocenters. The molecule has 0 aliphatic rings. The molecule has 0 amide bonds. The second-order valence-corrected chi connectivity index (χ2v) is 8.16. The van der Waals surface area contributed by atoms with Gasteiger partial charge in [-0.2, -0.15) is 0 Å². The van der Waals surface area contributed by atoms with Crippen molar-refractivity contribution < 1.29 is 31.3 Å². The first-order valence-electron chi connectivity index (χ1n) is 8.79. The number of ether oxygens (including phenoxy) is 1. The van der Waals surface area contributed by atoms with Crippen molar-refractivity contribution in [3.8, 4) is 5.75 Å². The molecule has 3 nitrogen and oxygen atoms in total. The molecule has 0 radical (unpaired) electrons. The van der Waals surface area contributed by atoms with Crippen LogP contribution in [-0.2, 0) is 6.54 Å². The Kier molecular flexibility index (Phi) is 7.86. The third-order valence-corrected chi connectivity index (χ3v) is 5.22. The zero-order valence-electron chi connectivity index (χ0n) is 15.6. The number of aliphatic hydroxyl groups is 1. The number of fused-ring (bicyclic) bond motifs is 1. The molecule has 1 atom stereocenters. The van der Waals surface area contributed by atoms with Crippen LogP contribution in [0, 0.1) is 0 Å². The van der Waals surface area contributed by atoms with E-state index in [1.54, 1.807) is 0 Å². The number of benzene rings is 3. The Bertz CT molecular complexity index is 878. The number of aliphatic hydroxyl groups excluding tert-OH is 1. The molecule has 5 heteroatoms. The van der Waals surface area contributed by atoms with Crippen LogP contribution in [0.2, 0.25) is 0 Å². The maximum absolute atomic E-state index is 10.5. The van der Waals surface area contributed by atoms with Crippen molar-refractivity contribution in [2.45, 2.75) is 12.6 Å². The maximum atomic E-state index is 10.5. The quantitative estimate of drug-likeness (QED) is 0.506. The van der Waals surface area contributed by atoms with Gasteiger partial charge in [0.2, 0.25) is 0 Å². The molecular weight excluding hydrogens is 470 g/mol. The Balaban J connectivity index is 0.00000261. The minimum atomic E-state index is -0.536. The second kappa shape index (κ2) is 9.69. The van der Waals surface area contributed by atoms with Crippen LogP contribution in [0.3, 0.4) is 0 Å². The molecule has 0 aliphatic heterocycles. The van der Waals surface area contributed by atoms with Gasteiger partial charge < -0.3 is 31.3 Å². The summed E-state index contributed by atoms with van der Waals surface area (Å²) in [5.74, 6) is 0.818. The van der Waals surface area contributed by atoms with E-state index in [1.807, 2.05) is 42.5 Å². The van der Waals surface area contributed by atoms with Crippen LogP contribution in [0.4, 0.5) is 0 Å². The molecule has 3 aromatic carbocycles. The van der Waals surface area contributed by atoms with Crippen LogP contribution >= 0.6 is 15.9 Å². The molecular formula is C22H25Br2NO2. The maximum Gasteiger partial charge on any atom is 0.137 e. The van der Waals surface area contributed by atoms with Crippen LogP contribution in [0.1, 0.15) is 5.56 Å². The molecule has 3 aromatic rings. The van der Waals surface area contributed by atoms with Crippen molar-refractivity contribution in [3.05, 3.63) is 76.8 Å². The lowest BCUT2D eigenvalue weighted by atomic mass is 10.1. The van der Waals surface area contributed by atoms with Crippen molar-refractivity contribution in [2.24, 2.45) is 0 Å². The standard InChI is InChI=1S/C22H25BrNO2.BrH/c1-24(2,14-18-9-4-6-12-21(18)23)15-19(25)16-26-22-13-7-10-17-8-3-5-11-20(17)22;/h3-13,19,25H,14-16H2,1-2H3;1H/q+1;/p-1. The molecule has 0 aliphatic carbocycles. The molecule has 27 heavy (non-hydrogen) atoms. The predicted octanol–water partition coefficient (Wildman–Crippen LogP) is 1.62. The lowest BCUT2D eigenvalue weighted by molar-refractivity contribution is -0.906. The summed E-state index contributed by atoms with van der Waals surface area (Å²) >= 11 is 3.60. The van der Waals surface area contributed by atoms with Gasteiger partial charge in [0.15, 0.2) is 0 Å². The van der Waals surface area contributed by atoms with Gasteiger partial charge >= 0.3 is 0 Å². The van der Waals surface area contributed by atoms with E-state index in [-0.39, 0.29) is 23.6 Å². The summed E-state index contributed by atoms with van der Waals surface area (Å²) in [6.45, 7) is 1.74. The van der Waals surface area contributed by atoms with Crippen LogP contribution in [0.15, 0.2) is 71.2 Å². The Morgan fingerprint density at radius 3 is 2.41 bits per heavy atom. The van der Waals surface area contributed by atoms with E-state index in [2.05, 4.69) is 54.3 Å². The summed E-state index contributed by atoms with van der Waals surface area (Å²) < 4.78 is 7.72. The van der Waals surface area contributed by atoms with E-state index in [1.165, 1.54) is 5.56 Å². The van der Waals surface area contributed by atoms with Gasteiger partial charge in [-0.25, -0.2) is 0 Å². The molecule has 0 saturated heterocycles. The van der Waals surface area contributed by atoms with Gasteiger partial charge in [0, 0.05) is 15.4 Å². The highest BCUT2D eigenvalue weighted by molar-refractivity contribution is 9.10. The number of likely N-dealkylation sites (N-methyl/N-ethyl adjacent to an activating group) is 1. The average molecular weight is 495 g/mol. The average Bonchev–Trinajstić information content (AvgIpc) is 2.61. The molecule has 0 heterocycles. The van der Waals surface area contributed by atoms with E-state index < -0.39 is 6.10 Å². The van der Waals surface area contributed by atoms with Gasteiger partial charge in [-0.15, -0.1) is 0 Å². The van der Waals surface area contributed by atoms with Crippen molar-refractivity contribution in [1.29, 1.82) is 0 Å². The topological polar surface area (TPSA) is 29.5 Å². The lowest BCUT2D eigenvalue weighted by Gasteiger charge is -2.32. The number of nitrogens with zero attached hydrogens (tertiary/aromatic N) is 1. The van der Waals surface area contributed by atoms with Crippen LogP contribution in [-0.4, -0.2) is 42.9 Å². The van der Waals surface area contributed by atoms with Crippen molar-refractivity contribution in [2.75, 3.05) is 27.2 Å². The van der Waals surface area contributed by atoms with E-state index >= 15 is 0 Å². The molecule has 0 fully saturated rings. The number of rotatable bonds is 7. The van der Waals surface area contributed by atoms with Gasteiger partial charge in [0.1, 0.15) is 31.5 Å². The second-order valence-electron chi connectivity index (χ2n) is 7.31. The largest absolute Gasteiger partial charge is 1.00 e. The van der Waals surface area contributed by atoms with Gasteiger partial charge in [-0.3, -0.25) is 0 Å². The van der Waals surface area contributed by atoms with Gasteiger partial charge in [0.25, 0.3) is 0 Å². The van der Waals surface area contributed by atoms with E-state index in [0.717, 1.165) is 27.5 Å². The molecule has 0 aromatic heterocycles. The first kappa shape index (κ1) is 21.9. The smallest absolute Gasteiger partial charge is 0.137 e. The molecule has 0 bridgehead atoms. The number of hydrogen-bond acceptors (Lipinski definition) is 2. The third kappa shape index (κ3) is 6.04. The van der Waals surface area contributed by atoms with Crippen molar-refractivity contribution in [3.63, 3.8) is 0 Å². The minimum Gasteiger partial charge on any atom is -1.00 e. The molecule has 1 N–H and O–H groups in total. The first-order valence-corrected chi connectivity index (χ1v) is 9.58. The number of quaternary nitrogens is 1. The lowest BCUT2D eigenvalue weighted by Crippen LogP contribution is -3.00. The van der Waals surface area contributed by atoms with Crippen LogP contribution in [0.5, 0.6) is 5.75 Å². The Hall–Kier alpha value is -1.40. The predicted molar refractivity (Wildman–Crippen MR) is 110 cm³/mol. The monoisotopic (exact) mass is 493 g/mol. The van der Waals surface area contributed by atoms with Crippen LogP contribution < -0.4 is 21.7 Å². The highest BCUT2D eigenvalue weighted by Gasteiger charge is 2.22. The molecule has 144 valence electrons. The number of halogens is 2. The highest BCUT2D eigenvalue weighted by atomic mass is 79.9.